The molecule has 2 saturated heterocycles. The van der Waals surface area contributed by atoms with Crippen LogP contribution in [0.3, 0.4) is 0 Å². The Kier molecular flexibility index (Phi) is 3.24. The van der Waals surface area contributed by atoms with Crippen molar-refractivity contribution in [1.82, 2.24) is 0 Å². The molecule has 2 aromatic carbocycles. The molecule has 2 N–H and O–H groups in total. The number of aliphatic hydroxyl groups is 2. The van der Waals surface area contributed by atoms with Gasteiger partial charge in [-0.05, 0) is 35.9 Å². The van der Waals surface area contributed by atoms with E-state index in [4.69, 9.17) is 28.4 Å². The lowest BCUT2D eigenvalue weighted by Crippen LogP contribution is -2.52. The Morgan fingerprint density at radius 3 is 2.29 bits per heavy atom. The van der Waals surface area contributed by atoms with E-state index < -0.39 is 23.4 Å². The Morgan fingerprint density at radius 1 is 0.821 bits per heavy atom. The third kappa shape index (κ3) is 2.03. The second kappa shape index (κ2) is 5.51. The van der Waals surface area contributed by atoms with Gasteiger partial charge in [0.2, 0.25) is 19.4 Å². The maximum absolute atomic E-state index is 11.4. The van der Waals surface area contributed by atoms with Gasteiger partial charge in [-0.1, -0.05) is 6.07 Å². The monoisotopic (exact) mass is 386 g/mol. The predicted octanol–water partition coefficient (Wildman–Crippen LogP) is 1.44. The third-order valence-electron chi connectivity index (χ3n) is 6.01. The molecule has 0 saturated carbocycles. The fourth-order valence-electron chi connectivity index (χ4n) is 4.46. The van der Waals surface area contributed by atoms with Gasteiger partial charge in [-0.15, -0.1) is 0 Å². The van der Waals surface area contributed by atoms with Crippen LogP contribution in [0.4, 0.5) is 0 Å². The molecule has 4 heterocycles. The minimum atomic E-state index is -1.91. The molecule has 0 aromatic heterocycles. The second-order valence-electron chi connectivity index (χ2n) is 7.40. The predicted molar refractivity (Wildman–Crippen MR) is 92.1 cm³/mol. The maximum atomic E-state index is 11.4. The molecule has 28 heavy (non-hydrogen) atoms. The molecular formula is C20H18O8. The largest absolute Gasteiger partial charge is 0.454 e. The molecule has 4 aliphatic heterocycles. The molecular weight excluding hydrogens is 368 g/mol. The van der Waals surface area contributed by atoms with Crippen molar-refractivity contribution in [1.29, 1.82) is 0 Å². The normalized spacial score (nSPS) is 34.6. The second-order valence-corrected chi connectivity index (χ2v) is 7.40. The molecule has 0 spiro atoms. The number of fused-ring (bicyclic) bond motifs is 3. The third-order valence-corrected chi connectivity index (χ3v) is 6.01. The highest BCUT2D eigenvalue weighted by molar-refractivity contribution is 5.48. The van der Waals surface area contributed by atoms with Crippen molar-refractivity contribution in [2.24, 2.45) is 5.92 Å². The lowest BCUT2D eigenvalue weighted by Gasteiger charge is -2.35. The van der Waals surface area contributed by atoms with E-state index in [0.717, 1.165) is 5.56 Å². The minimum absolute atomic E-state index is 0.0677. The van der Waals surface area contributed by atoms with Crippen LogP contribution in [0.15, 0.2) is 36.4 Å². The van der Waals surface area contributed by atoms with Gasteiger partial charge in [-0.2, -0.15) is 0 Å². The van der Waals surface area contributed by atoms with Crippen LogP contribution in [-0.4, -0.2) is 42.6 Å². The van der Waals surface area contributed by atoms with Crippen molar-refractivity contribution in [3.8, 4) is 23.0 Å². The average molecular weight is 386 g/mol. The first-order valence-electron chi connectivity index (χ1n) is 9.08. The summed E-state index contributed by atoms with van der Waals surface area (Å²) in [6, 6.07) is 10.5. The van der Waals surface area contributed by atoms with E-state index in [-0.39, 0.29) is 26.8 Å². The summed E-state index contributed by atoms with van der Waals surface area (Å²) in [4.78, 5) is 0. The molecule has 0 amide bonds. The summed E-state index contributed by atoms with van der Waals surface area (Å²) >= 11 is 0. The van der Waals surface area contributed by atoms with Crippen molar-refractivity contribution >= 4 is 0 Å². The van der Waals surface area contributed by atoms with E-state index in [2.05, 4.69) is 0 Å². The summed E-state index contributed by atoms with van der Waals surface area (Å²) in [6.07, 6.45) is -0.442. The van der Waals surface area contributed by atoms with Crippen LogP contribution < -0.4 is 18.9 Å². The van der Waals surface area contributed by atoms with Crippen LogP contribution in [0, 0.1) is 5.92 Å². The van der Waals surface area contributed by atoms with Crippen LogP contribution >= 0.6 is 0 Å². The van der Waals surface area contributed by atoms with Crippen molar-refractivity contribution in [3.63, 3.8) is 0 Å². The number of hydrogen-bond acceptors (Lipinski definition) is 8. The van der Waals surface area contributed by atoms with Gasteiger partial charge in [0.15, 0.2) is 28.6 Å². The van der Waals surface area contributed by atoms with Crippen LogP contribution in [0.1, 0.15) is 17.2 Å². The first kappa shape index (κ1) is 16.4. The lowest BCUT2D eigenvalue weighted by molar-refractivity contribution is -0.268. The molecule has 2 aromatic rings. The Bertz CT molecular complexity index is 961. The highest BCUT2D eigenvalue weighted by atomic mass is 16.7. The summed E-state index contributed by atoms with van der Waals surface area (Å²) in [5, 5.41) is 22.8. The first-order valence-corrected chi connectivity index (χ1v) is 9.08. The van der Waals surface area contributed by atoms with Gasteiger partial charge in [-0.25, -0.2) is 0 Å². The Balaban J connectivity index is 1.35. The summed E-state index contributed by atoms with van der Waals surface area (Å²) in [5.74, 6) is 0.0490. The molecule has 0 aliphatic carbocycles. The molecule has 6 rings (SSSR count). The van der Waals surface area contributed by atoms with Gasteiger partial charge in [0, 0.05) is 11.5 Å². The first-order chi connectivity index (χ1) is 13.6. The molecule has 146 valence electrons. The highest BCUT2D eigenvalue weighted by Gasteiger charge is 2.67. The van der Waals surface area contributed by atoms with Gasteiger partial charge in [-0.3, -0.25) is 0 Å². The van der Waals surface area contributed by atoms with E-state index in [1.165, 1.54) is 0 Å². The highest BCUT2D eigenvalue weighted by Crippen LogP contribution is 2.56. The summed E-state index contributed by atoms with van der Waals surface area (Å²) in [5.41, 5.74) is -0.373. The minimum Gasteiger partial charge on any atom is -0.454 e. The lowest BCUT2D eigenvalue weighted by atomic mass is 9.78. The van der Waals surface area contributed by atoms with Gasteiger partial charge in [0.25, 0.3) is 0 Å². The van der Waals surface area contributed by atoms with Crippen molar-refractivity contribution in [2.75, 3.05) is 26.8 Å². The zero-order chi connectivity index (χ0) is 18.9. The van der Waals surface area contributed by atoms with Crippen LogP contribution in [0.25, 0.3) is 0 Å². The fraction of sp³-hybridized carbons (Fsp3) is 0.400. The smallest absolute Gasteiger partial charge is 0.231 e. The van der Waals surface area contributed by atoms with Gasteiger partial charge < -0.3 is 38.6 Å². The zero-order valence-electron chi connectivity index (χ0n) is 14.8. The van der Waals surface area contributed by atoms with E-state index in [9.17, 15) is 10.2 Å². The fourth-order valence-corrected chi connectivity index (χ4v) is 4.46. The van der Waals surface area contributed by atoms with Gasteiger partial charge >= 0.3 is 0 Å². The maximum Gasteiger partial charge on any atom is 0.231 e. The molecule has 4 atom stereocenters. The number of ether oxygens (including phenoxy) is 6. The molecule has 8 nitrogen and oxygen atoms in total. The summed E-state index contributed by atoms with van der Waals surface area (Å²) < 4.78 is 33.2. The standard InChI is InChI=1S/C20H18O8/c21-19-8-23-18(11-1-3-14-16(5-11)26-9-24-14)13(19)7-28-20(19,22)12-2-4-15-17(6-12)27-10-25-15/h1-6,13,18,21-22H,7-10H2/t13-,18+,19+,20-/m1/s1. The van der Waals surface area contributed by atoms with Gasteiger partial charge in [0.05, 0.1) is 19.3 Å². The number of hydrogen-bond donors (Lipinski definition) is 2. The Morgan fingerprint density at radius 2 is 1.50 bits per heavy atom. The van der Waals surface area contributed by atoms with Crippen molar-refractivity contribution in [2.45, 2.75) is 17.5 Å². The van der Waals surface area contributed by atoms with Crippen molar-refractivity contribution in [3.05, 3.63) is 47.5 Å². The topological polar surface area (TPSA) is 95.8 Å². The quantitative estimate of drug-likeness (QED) is 0.801. The average Bonchev–Trinajstić information content (AvgIpc) is 3.46. The van der Waals surface area contributed by atoms with E-state index in [1.807, 2.05) is 18.2 Å². The van der Waals surface area contributed by atoms with E-state index >= 15 is 0 Å². The summed E-state index contributed by atoms with van der Waals surface area (Å²) in [6.45, 7) is 0.382. The number of rotatable bonds is 2. The Hall–Kier alpha value is -2.52. The molecule has 0 radical (unpaired) electrons. The molecule has 0 unspecified atom stereocenters. The molecule has 2 fully saturated rings. The van der Waals surface area contributed by atoms with E-state index in [1.54, 1.807) is 18.2 Å². The van der Waals surface area contributed by atoms with Crippen LogP contribution in [0.2, 0.25) is 0 Å². The van der Waals surface area contributed by atoms with Gasteiger partial charge in [0.1, 0.15) is 0 Å². The molecule has 0 bridgehead atoms. The van der Waals surface area contributed by atoms with E-state index in [0.29, 0.717) is 28.6 Å². The van der Waals surface area contributed by atoms with Crippen LogP contribution in [-0.2, 0) is 15.3 Å². The molecule has 8 heteroatoms. The SMILES string of the molecule is O[C@]1(c2ccc3c(c2)OCO3)OC[C@@H]2[C@H](c3ccc4c(c3)OCO4)OC[C@]21O. The van der Waals surface area contributed by atoms with Crippen molar-refractivity contribution < 1.29 is 38.6 Å². The zero-order valence-corrected chi connectivity index (χ0v) is 14.8. The number of benzene rings is 2. The molecule has 4 aliphatic rings. The summed E-state index contributed by atoms with van der Waals surface area (Å²) in [7, 11) is 0. The van der Waals surface area contributed by atoms with Crippen LogP contribution in [0.5, 0.6) is 23.0 Å². The Labute approximate surface area is 160 Å².